The van der Waals surface area contributed by atoms with Crippen molar-refractivity contribution < 1.29 is 9.90 Å². The Bertz CT molecular complexity index is 197. The Hall–Kier alpha value is -0.570. The fourth-order valence-corrected chi connectivity index (χ4v) is 1.75. The van der Waals surface area contributed by atoms with Crippen molar-refractivity contribution in [1.29, 1.82) is 0 Å². The van der Waals surface area contributed by atoms with Gasteiger partial charge in [-0.2, -0.15) is 0 Å². The van der Waals surface area contributed by atoms with Gasteiger partial charge in [0.25, 0.3) is 0 Å². The molecule has 0 radical (unpaired) electrons. The van der Waals surface area contributed by atoms with Gasteiger partial charge in [-0.3, -0.25) is 4.79 Å². The first-order valence-corrected chi connectivity index (χ1v) is 5.61. The molecule has 1 heterocycles. The molecule has 0 aliphatic carbocycles. The molecule has 1 saturated heterocycles. The van der Waals surface area contributed by atoms with E-state index < -0.39 is 5.60 Å². The standard InChI is InChI=1S/C11H21NO2/c1-3-5-6-7-10(13)12-8-11(14,4-2)9-12/h14H,3-9H2,1-2H3. The monoisotopic (exact) mass is 199 g/mol. The Morgan fingerprint density at radius 3 is 2.50 bits per heavy atom. The molecule has 1 aliphatic heterocycles. The topological polar surface area (TPSA) is 40.5 Å². The zero-order valence-electron chi connectivity index (χ0n) is 9.25. The third-order valence-corrected chi connectivity index (χ3v) is 2.98. The van der Waals surface area contributed by atoms with Gasteiger partial charge in [0.2, 0.25) is 5.91 Å². The highest BCUT2D eigenvalue weighted by atomic mass is 16.3. The van der Waals surface area contributed by atoms with Crippen LogP contribution in [0.5, 0.6) is 0 Å². The molecule has 14 heavy (non-hydrogen) atoms. The third-order valence-electron chi connectivity index (χ3n) is 2.98. The molecule has 0 saturated carbocycles. The molecule has 82 valence electrons. The molecular weight excluding hydrogens is 178 g/mol. The molecule has 3 nitrogen and oxygen atoms in total. The predicted octanol–water partition coefficient (Wildman–Crippen LogP) is 1.55. The van der Waals surface area contributed by atoms with Gasteiger partial charge in [-0.05, 0) is 12.8 Å². The second kappa shape index (κ2) is 4.78. The molecule has 1 fully saturated rings. The SMILES string of the molecule is CCCCCC(=O)N1CC(O)(CC)C1. The molecule has 1 amide bonds. The summed E-state index contributed by atoms with van der Waals surface area (Å²) in [4.78, 5) is 13.3. The molecule has 0 aromatic carbocycles. The van der Waals surface area contributed by atoms with Crippen molar-refractivity contribution in [3.63, 3.8) is 0 Å². The summed E-state index contributed by atoms with van der Waals surface area (Å²) in [5.74, 6) is 0.205. The minimum atomic E-state index is -0.583. The summed E-state index contributed by atoms with van der Waals surface area (Å²) in [7, 11) is 0. The summed E-state index contributed by atoms with van der Waals surface area (Å²) < 4.78 is 0. The van der Waals surface area contributed by atoms with Crippen LogP contribution < -0.4 is 0 Å². The van der Waals surface area contributed by atoms with E-state index in [4.69, 9.17) is 0 Å². The molecule has 0 bridgehead atoms. The van der Waals surface area contributed by atoms with Crippen LogP contribution in [-0.4, -0.2) is 34.6 Å². The summed E-state index contributed by atoms with van der Waals surface area (Å²) >= 11 is 0. The summed E-state index contributed by atoms with van der Waals surface area (Å²) in [6.07, 6.45) is 4.64. The molecule has 1 aliphatic rings. The van der Waals surface area contributed by atoms with E-state index >= 15 is 0 Å². The van der Waals surface area contributed by atoms with Gasteiger partial charge in [-0.1, -0.05) is 26.7 Å². The Labute approximate surface area is 86.1 Å². The number of carbonyl (C=O) groups is 1. The maximum absolute atomic E-state index is 11.5. The van der Waals surface area contributed by atoms with Crippen molar-refractivity contribution in [1.82, 2.24) is 4.90 Å². The molecule has 1 rings (SSSR count). The smallest absolute Gasteiger partial charge is 0.222 e. The van der Waals surface area contributed by atoms with Crippen LogP contribution in [0.1, 0.15) is 46.0 Å². The van der Waals surface area contributed by atoms with Gasteiger partial charge in [-0.25, -0.2) is 0 Å². The van der Waals surface area contributed by atoms with E-state index in [0.717, 1.165) is 25.7 Å². The maximum atomic E-state index is 11.5. The number of hydrogen-bond acceptors (Lipinski definition) is 2. The number of amides is 1. The number of nitrogens with zero attached hydrogens (tertiary/aromatic N) is 1. The Kier molecular flexibility index (Phi) is 3.93. The van der Waals surface area contributed by atoms with Crippen LogP contribution in [0.3, 0.4) is 0 Å². The van der Waals surface area contributed by atoms with E-state index in [1.165, 1.54) is 0 Å². The van der Waals surface area contributed by atoms with Crippen molar-refractivity contribution in [3.05, 3.63) is 0 Å². The van der Waals surface area contributed by atoms with E-state index in [-0.39, 0.29) is 5.91 Å². The highest BCUT2D eigenvalue weighted by Gasteiger charge is 2.41. The summed E-state index contributed by atoms with van der Waals surface area (Å²) in [6.45, 7) is 5.16. The second-order valence-electron chi connectivity index (χ2n) is 4.28. The van der Waals surface area contributed by atoms with E-state index in [1.54, 1.807) is 4.90 Å². The van der Waals surface area contributed by atoms with Gasteiger partial charge in [0.1, 0.15) is 0 Å². The number of likely N-dealkylation sites (tertiary alicyclic amines) is 1. The third kappa shape index (κ3) is 2.71. The lowest BCUT2D eigenvalue weighted by Gasteiger charge is -2.46. The van der Waals surface area contributed by atoms with E-state index in [1.807, 2.05) is 6.92 Å². The summed E-state index contributed by atoms with van der Waals surface area (Å²) in [6, 6.07) is 0. The van der Waals surface area contributed by atoms with Crippen molar-refractivity contribution in [2.45, 2.75) is 51.6 Å². The number of aliphatic hydroxyl groups is 1. The highest BCUT2D eigenvalue weighted by molar-refractivity contribution is 5.77. The molecule has 0 atom stereocenters. The van der Waals surface area contributed by atoms with Gasteiger partial charge in [-0.15, -0.1) is 0 Å². The van der Waals surface area contributed by atoms with E-state index in [2.05, 4.69) is 6.92 Å². The number of unbranched alkanes of at least 4 members (excludes halogenated alkanes) is 2. The Balaban J connectivity index is 2.16. The predicted molar refractivity (Wildman–Crippen MR) is 56.0 cm³/mol. The van der Waals surface area contributed by atoms with Crippen molar-refractivity contribution in [2.75, 3.05) is 13.1 Å². The average Bonchev–Trinajstić information content (AvgIpc) is 2.13. The normalized spacial score (nSPS) is 19.2. The van der Waals surface area contributed by atoms with Gasteiger partial charge in [0.05, 0.1) is 18.7 Å². The lowest BCUT2D eigenvalue weighted by Crippen LogP contribution is -2.63. The van der Waals surface area contributed by atoms with Crippen molar-refractivity contribution >= 4 is 5.91 Å². The molecule has 0 aromatic heterocycles. The Morgan fingerprint density at radius 1 is 1.36 bits per heavy atom. The number of rotatable bonds is 5. The average molecular weight is 199 g/mol. The number of carbonyl (C=O) groups excluding carboxylic acids is 1. The van der Waals surface area contributed by atoms with Crippen LogP contribution in [0.4, 0.5) is 0 Å². The maximum Gasteiger partial charge on any atom is 0.222 e. The largest absolute Gasteiger partial charge is 0.386 e. The molecule has 1 N–H and O–H groups in total. The van der Waals surface area contributed by atoms with Crippen LogP contribution in [-0.2, 0) is 4.79 Å². The lowest BCUT2D eigenvalue weighted by molar-refractivity contribution is -0.155. The summed E-state index contributed by atoms with van der Waals surface area (Å²) in [5.41, 5.74) is -0.583. The van der Waals surface area contributed by atoms with Crippen LogP contribution in [0.15, 0.2) is 0 Å². The van der Waals surface area contributed by atoms with Crippen LogP contribution in [0.2, 0.25) is 0 Å². The van der Waals surface area contributed by atoms with Crippen LogP contribution in [0.25, 0.3) is 0 Å². The van der Waals surface area contributed by atoms with E-state index in [9.17, 15) is 9.90 Å². The molecule has 0 spiro atoms. The molecular formula is C11H21NO2. The van der Waals surface area contributed by atoms with Crippen molar-refractivity contribution in [2.24, 2.45) is 0 Å². The molecule has 3 heteroatoms. The van der Waals surface area contributed by atoms with Crippen LogP contribution >= 0.6 is 0 Å². The van der Waals surface area contributed by atoms with Crippen molar-refractivity contribution in [3.8, 4) is 0 Å². The fraction of sp³-hybridized carbons (Fsp3) is 0.909. The molecule has 0 unspecified atom stereocenters. The first-order chi connectivity index (χ1) is 6.61. The first-order valence-electron chi connectivity index (χ1n) is 5.61. The lowest BCUT2D eigenvalue weighted by atomic mass is 9.91. The fourth-order valence-electron chi connectivity index (χ4n) is 1.75. The minimum absolute atomic E-state index is 0.205. The van der Waals surface area contributed by atoms with Crippen LogP contribution in [0, 0.1) is 0 Å². The number of β-amino-alcohol motifs (C(OH)–C–C–N with tert-alkyl or cyclic N) is 1. The minimum Gasteiger partial charge on any atom is -0.386 e. The number of hydrogen-bond donors (Lipinski definition) is 1. The zero-order chi connectivity index (χ0) is 10.6. The van der Waals surface area contributed by atoms with Gasteiger partial charge in [0.15, 0.2) is 0 Å². The Morgan fingerprint density at radius 2 is 2.00 bits per heavy atom. The summed E-state index contributed by atoms with van der Waals surface area (Å²) in [5, 5.41) is 9.72. The quantitative estimate of drug-likeness (QED) is 0.682. The first kappa shape index (κ1) is 11.5. The molecule has 0 aromatic rings. The zero-order valence-corrected chi connectivity index (χ0v) is 9.25. The second-order valence-corrected chi connectivity index (χ2v) is 4.28. The highest BCUT2D eigenvalue weighted by Crippen LogP contribution is 2.24. The van der Waals surface area contributed by atoms with Gasteiger partial charge < -0.3 is 10.0 Å². The van der Waals surface area contributed by atoms with E-state index in [0.29, 0.717) is 19.5 Å². The van der Waals surface area contributed by atoms with Gasteiger partial charge >= 0.3 is 0 Å². The van der Waals surface area contributed by atoms with Gasteiger partial charge in [0, 0.05) is 6.42 Å².